The lowest BCUT2D eigenvalue weighted by Gasteiger charge is -2.05. The van der Waals surface area contributed by atoms with Gasteiger partial charge in [0.1, 0.15) is 5.75 Å². The molecule has 0 aliphatic heterocycles. The van der Waals surface area contributed by atoms with Crippen LogP contribution in [-0.2, 0) is 6.54 Å². The molecule has 0 fully saturated rings. The molecule has 2 heterocycles. The van der Waals surface area contributed by atoms with Crippen molar-refractivity contribution in [1.82, 2.24) is 19.7 Å². The van der Waals surface area contributed by atoms with Gasteiger partial charge in [-0.25, -0.2) is 9.97 Å². The molecule has 0 unspecified atom stereocenters. The molecule has 1 aromatic carbocycles. The van der Waals surface area contributed by atoms with E-state index >= 15 is 0 Å². The Morgan fingerprint density at radius 3 is 2.68 bits per heavy atom. The van der Waals surface area contributed by atoms with E-state index in [1.54, 1.807) is 18.0 Å². The molecule has 0 aliphatic carbocycles. The van der Waals surface area contributed by atoms with Crippen LogP contribution < -0.4 is 10.3 Å². The van der Waals surface area contributed by atoms with Crippen LogP contribution in [0.5, 0.6) is 5.75 Å². The van der Waals surface area contributed by atoms with E-state index in [2.05, 4.69) is 15.1 Å². The van der Waals surface area contributed by atoms with Gasteiger partial charge in [0.05, 0.1) is 13.7 Å². The Balaban J connectivity index is 1.98. The Bertz CT molecular complexity index is 758. The van der Waals surface area contributed by atoms with Gasteiger partial charge in [-0.1, -0.05) is 12.1 Å². The number of benzene rings is 1. The average molecular weight is 256 g/mol. The van der Waals surface area contributed by atoms with Crippen molar-refractivity contribution in [2.45, 2.75) is 6.54 Å². The van der Waals surface area contributed by atoms with Crippen molar-refractivity contribution in [3.05, 3.63) is 52.6 Å². The highest BCUT2D eigenvalue weighted by atomic mass is 16.5. The lowest BCUT2D eigenvalue weighted by atomic mass is 10.2. The molecule has 0 radical (unpaired) electrons. The van der Waals surface area contributed by atoms with Gasteiger partial charge in [-0.3, -0.25) is 14.6 Å². The summed E-state index contributed by atoms with van der Waals surface area (Å²) < 4.78 is 6.79. The van der Waals surface area contributed by atoms with E-state index in [1.807, 2.05) is 24.3 Å². The SMILES string of the molecule is COc1ccc(Cn2[nH]c(=O)c3nccnc32)cc1. The normalized spacial score (nSPS) is 10.8. The number of ether oxygens (including phenoxy) is 1. The second-order valence-electron chi connectivity index (χ2n) is 4.10. The van der Waals surface area contributed by atoms with Crippen molar-refractivity contribution in [3.63, 3.8) is 0 Å². The molecule has 3 rings (SSSR count). The van der Waals surface area contributed by atoms with Gasteiger partial charge in [-0.15, -0.1) is 0 Å². The van der Waals surface area contributed by atoms with Crippen LogP contribution in [-0.4, -0.2) is 26.9 Å². The summed E-state index contributed by atoms with van der Waals surface area (Å²) in [5.41, 5.74) is 1.73. The highest BCUT2D eigenvalue weighted by Gasteiger charge is 2.08. The quantitative estimate of drug-likeness (QED) is 0.763. The van der Waals surface area contributed by atoms with Gasteiger partial charge >= 0.3 is 0 Å². The molecule has 2 aromatic heterocycles. The third kappa shape index (κ3) is 2.08. The molecule has 0 bridgehead atoms. The molecule has 0 amide bonds. The molecule has 0 aliphatic rings. The van der Waals surface area contributed by atoms with E-state index in [1.165, 1.54) is 6.20 Å². The van der Waals surface area contributed by atoms with Gasteiger partial charge in [0.25, 0.3) is 5.56 Å². The number of rotatable bonds is 3. The standard InChI is InChI=1S/C13H12N4O2/c1-19-10-4-2-9(3-5-10)8-17-12-11(13(18)16-17)14-6-7-15-12/h2-7H,8H2,1H3,(H,16,18). The fourth-order valence-electron chi connectivity index (χ4n) is 1.94. The van der Waals surface area contributed by atoms with Gasteiger partial charge in [-0.2, -0.15) is 0 Å². The fraction of sp³-hybridized carbons (Fsp3) is 0.154. The van der Waals surface area contributed by atoms with Crippen molar-refractivity contribution in [3.8, 4) is 5.75 Å². The average Bonchev–Trinajstić information content (AvgIpc) is 2.77. The number of hydrogen-bond acceptors (Lipinski definition) is 4. The largest absolute Gasteiger partial charge is 0.497 e. The summed E-state index contributed by atoms with van der Waals surface area (Å²) in [5, 5.41) is 2.73. The van der Waals surface area contributed by atoms with Crippen molar-refractivity contribution < 1.29 is 4.74 Å². The molecule has 3 aromatic rings. The Morgan fingerprint density at radius 1 is 1.21 bits per heavy atom. The summed E-state index contributed by atoms with van der Waals surface area (Å²) in [4.78, 5) is 19.9. The monoisotopic (exact) mass is 256 g/mol. The van der Waals surface area contributed by atoms with Gasteiger partial charge < -0.3 is 4.74 Å². The van der Waals surface area contributed by atoms with Crippen LogP contribution in [0.3, 0.4) is 0 Å². The number of aromatic nitrogens is 4. The third-order valence-electron chi connectivity index (χ3n) is 2.89. The second kappa shape index (κ2) is 4.56. The number of fused-ring (bicyclic) bond motifs is 1. The summed E-state index contributed by atoms with van der Waals surface area (Å²) in [5.74, 6) is 0.800. The smallest absolute Gasteiger partial charge is 0.292 e. The zero-order valence-corrected chi connectivity index (χ0v) is 10.3. The molecule has 0 saturated heterocycles. The van der Waals surface area contributed by atoms with E-state index < -0.39 is 0 Å². The first-order chi connectivity index (χ1) is 9.28. The van der Waals surface area contributed by atoms with E-state index in [9.17, 15) is 4.79 Å². The Kier molecular flexibility index (Phi) is 2.75. The van der Waals surface area contributed by atoms with Gasteiger partial charge in [0.2, 0.25) is 0 Å². The van der Waals surface area contributed by atoms with E-state index in [0.29, 0.717) is 17.7 Å². The van der Waals surface area contributed by atoms with E-state index in [-0.39, 0.29) is 5.56 Å². The number of hydrogen-bond donors (Lipinski definition) is 1. The minimum absolute atomic E-state index is 0.225. The number of methoxy groups -OCH3 is 1. The first-order valence-electron chi connectivity index (χ1n) is 5.80. The first-order valence-corrected chi connectivity index (χ1v) is 5.80. The number of nitrogens with zero attached hydrogens (tertiary/aromatic N) is 3. The number of nitrogens with one attached hydrogen (secondary N) is 1. The maximum atomic E-state index is 11.7. The first kappa shape index (κ1) is 11.5. The molecule has 1 N–H and O–H groups in total. The predicted molar refractivity (Wildman–Crippen MR) is 70.2 cm³/mol. The lowest BCUT2D eigenvalue weighted by Crippen LogP contribution is -2.07. The Labute approximate surface area is 108 Å². The summed E-state index contributed by atoms with van der Waals surface area (Å²) in [6.07, 6.45) is 3.08. The van der Waals surface area contributed by atoms with Crippen LogP contribution in [0.25, 0.3) is 11.2 Å². The van der Waals surface area contributed by atoms with Crippen molar-refractivity contribution in [1.29, 1.82) is 0 Å². The van der Waals surface area contributed by atoms with Crippen LogP contribution in [0, 0.1) is 0 Å². The van der Waals surface area contributed by atoms with Crippen LogP contribution in [0.1, 0.15) is 5.56 Å². The highest BCUT2D eigenvalue weighted by Crippen LogP contribution is 2.13. The molecular formula is C13H12N4O2. The molecule has 0 saturated carbocycles. The third-order valence-corrected chi connectivity index (χ3v) is 2.89. The molecule has 0 atom stereocenters. The van der Waals surface area contributed by atoms with Crippen molar-refractivity contribution >= 4 is 11.2 Å². The maximum absolute atomic E-state index is 11.7. The predicted octanol–water partition coefficient (Wildman–Crippen LogP) is 1.18. The highest BCUT2D eigenvalue weighted by molar-refractivity contribution is 5.68. The molecule has 0 spiro atoms. The number of aromatic amines is 1. The molecular weight excluding hydrogens is 244 g/mol. The van der Waals surface area contributed by atoms with Crippen LogP contribution >= 0.6 is 0 Å². The zero-order chi connectivity index (χ0) is 13.2. The van der Waals surface area contributed by atoms with Gasteiger partial charge in [-0.05, 0) is 17.7 Å². The lowest BCUT2D eigenvalue weighted by molar-refractivity contribution is 0.414. The summed E-state index contributed by atoms with van der Waals surface area (Å²) in [6.45, 7) is 0.529. The van der Waals surface area contributed by atoms with Gasteiger partial charge in [0.15, 0.2) is 11.2 Å². The Morgan fingerprint density at radius 2 is 1.95 bits per heavy atom. The minimum Gasteiger partial charge on any atom is -0.497 e. The van der Waals surface area contributed by atoms with Crippen LogP contribution in [0.15, 0.2) is 41.5 Å². The van der Waals surface area contributed by atoms with E-state index in [0.717, 1.165) is 11.3 Å². The van der Waals surface area contributed by atoms with Crippen LogP contribution in [0.2, 0.25) is 0 Å². The molecule has 19 heavy (non-hydrogen) atoms. The molecule has 96 valence electrons. The summed E-state index contributed by atoms with van der Waals surface area (Å²) in [7, 11) is 1.63. The van der Waals surface area contributed by atoms with Crippen LogP contribution in [0.4, 0.5) is 0 Å². The summed E-state index contributed by atoms with van der Waals surface area (Å²) >= 11 is 0. The fourth-order valence-corrected chi connectivity index (χ4v) is 1.94. The molecule has 6 heteroatoms. The molecule has 6 nitrogen and oxygen atoms in total. The topological polar surface area (TPSA) is 72.8 Å². The van der Waals surface area contributed by atoms with E-state index in [4.69, 9.17) is 4.74 Å². The maximum Gasteiger partial charge on any atom is 0.292 e. The summed E-state index contributed by atoms with van der Waals surface area (Å²) in [6, 6.07) is 7.65. The minimum atomic E-state index is -0.225. The van der Waals surface area contributed by atoms with Gasteiger partial charge in [0, 0.05) is 12.4 Å². The zero-order valence-electron chi connectivity index (χ0n) is 10.3. The number of H-pyrrole nitrogens is 1. The van der Waals surface area contributed by atoms with Crippen molar-refractivity contribution in [2.24, 2.45) is 0 Å². The van der Waals surface area contributed by atoms with Crippen molar-refractivity contribution in [2.75, 3.05) is 7.11 Å². The second-order valence-corrected chi connectivity index (χ2v) is 4.10. The Hall–Kier alpha value is -2.63.